The Morgan fingerprint density at radius 3 is 2.79 bits per heavy atom. The predicted molar refractivity (Wildman–Crippen MR) is 88.9 cm³/mol. The number of hydrogen-bond acceptors (Lipinski definition) is 6. The maximum Gasteiger partial charge on any atom is 0.352 e. The van der Waals surface area contributed by atoms with Gasteiger partial charge in [0.1, 0.15) is 5.69 Å². The molecule has 2 aromatic rings. The zero-order chi connectivity index (χ0) is 17.9. The minimum Gasteiger partial charge on any atom is -0.484 e. The Labute approximate surface area is 142 Å². The van der Waals surface area contributed by atoms with Crippen molar-refractivity contribution in [2.24, 2.45) is 0 Å². The van der Waals surface area contributed by atoms with E-state index in [1.807, 2.05) is 13.8 Å². The number of benzene rings is 1. The number of rotatable bonds is 6. The summed E-state index contributed by atoms with van der Waals surface area (Å²) >= 11 is 4.90. The molecule has 0 bridgehead atoms. The van der Waals surface area contributed by atoms with Gasteiger partial charge in [0.25, 0.3) is 0 Å². The van der Waals surface area contributed by atoms with Crippen LogP contribution in [0.1, 0.15) is 30.8 Å². The lowest BCUT2D eigenvalue weighted by atomic mass is 10.1. The average Bonchev–Trinajstić information content (AvgIpc) is 2.54. The number of aromatic nitrogens is 2. The van der Waals surface area contributed by atoms with Crippen molar-refractivity contribution in [3.8, 4) is 17.0 Å². The smallest absolute Gasteiger partial charge is 0.352 e. The predicted octanol–water partition coefficient (Wildman–Crippen LogP) is 3.59. The summed E-state index contributed by atoms with van der Waals surface area (Å²) in [6, 6.07) is 5.61. The van der Waals surface area contributed by atoms with E-state index in [-0.39, 0.29) is 33.7 Å². The molecule has 0 radical (unpaired) electrons. The molecule has 0 spiro atoms. The lowest BCUT2D eigenvalue weighted by Gasteiger charge is -2.13. The number of nitro benzene ring substituents is 1. The van der Waals surface area contributed by atoms with Gasteiger partial charge in [-0.3, -0.25) is 10.1 Å². The summed E-state index contributed by atoms with van der Waals surface area (Å²) in [4.78, 5) is 28.3. The lowest BCUT2D eigenvalue weighted by molar-refractivity contribution is -0.386. The molecule has 0 aliphatic carbocycles. The van der Waals surface area contributed by atoms with E-state index in [0.29, 0.717) is 12.0 Å². The molecule has 1 unspecified atom stereocenters. The molecule has 1 aromatic heterocycles. The van der Waals surface area contributed by atoms with Crippen LogP contribution < -0.4 is 4.74 Å². The Kier molecular flexibility index (Phi) is 5.24. The highest BCUT2D eigenvalue weighted by atomic mass is 32.1. The number of ether oxygens (including phenoxy) is 1. The fourth-order valence-electron chi connectivity index (χ4n) is 1.94. The van der Waals surface area contributed by atoms with Crippen molar-refractivity contribution in [2.45, 2.75) is 26.4 Å². The van der Waals surface area contributed by atoms with Gasteiger partial charge in [-0.2, -0.15) is 0 Å². The van der Waals surface area contributed by atoms with E-state index in [1.54, 1.807) is 6.07 Å². The molecule has 0 aliphatic heterocycles. The molecule has 9 heteroatoms. The summed E-state index contributed by atoms with van der Waals surface area (Å²) < 4.78 is 5.53. The van der Waals surface area contributed by atoms with Gasteiger partial charge in [0.15, 0.2) is 10.5 Å². The van der Waals surface area contributed by atoms with Crippen LogP contribution >= 0.6 is 12.2 Å². The molecule has 2 N–H and O–H groups in total. The first kappa shape index (κ1) is 17.5. The van der Waals surface area contributed by atoms with Gasteiger partial charge in [0.2, 0.25) is 0 Å². The normalized spacial score (nSPS) is 11.8. The number of carbonyl (C=O) groups is 1. The number of H-pyrrole nitrogens is 1. The number of carboxylic acid groups (broad SMARTS) is 1. The van der Waals surface area contributed by atoms with Gasteiger partial charge in [-0.15, -0.1) is 0 Å². The first-order valence-corrected chi connectivity index (χ1v) is 7.52. The molecular weight excluding hydrogens is 334 g/mol. The number of nitrogens with zero attached hydrogens (tertiary/aromatic N) is 2. The maximum absolute atomic E-state index is 11.3. The van der Waals surface area contributed by atoms with Crippen LogP contribution in [0, 0.1) is 14.9 Å². The summed E-state index contributed by atoms with van der Waals surface area (Å²) in [6.45, 7) is 3.72. The zero-order valence-electron chi connectivity index (χ0n) is 13.0. The van der Waals surface area contributed by atoms with E-state index < -0.39 is 10.9 Å². The summed E-state index contributed by atoms with van der Waals surface area (Å²) in [5, 5.41) is 20.4. The minimum atomic E-state index is -1.20. The molecule has 0 fully saturated rings. The summed E-state index contributed by atoms with van der Waals surface area (Å²) in [7, 11) is 0. The van der Waals surface area contributed by atoms with Crippen LogP contribution in [0.5, 0.6) is 5.75 Å². The molecule has 24 heavy (non-hydrogen) atoms. The number of aromatic amines is 1. The van der Waals surface area contributed by atoms with Crippen molar-refractivity contribution in [2.75, 3.05) is 0 Å². The summed E-state index contributed by atoms with van der Waals surface area (Å²) in [6.07, 6.45) is 0.535. The molecule has 1 atom stereocenters. The highest BCUT2D eigenvalue weighted by Crippen LogP contribution is 2.32. The molecule has 1 aromatic carbocycles. The van der Waals surface area contributed by atoms with Crippen molar-refractivity contribution >= 4 is 23.9 Å². The van der Waals surface area contributed by atoms with Crippen LogP contribution in [0.25, 0.3) is 11.3 Å². The Morgan fingerprint density at radius 2 is 2.21 bits per heavy atom. The molecule has 8 nitrogen and oxygen atoms in total. The van der Waals surface area contributed by atoms with E-state index in [4.69, 9.17) is 22.1 Å². The summed E-state index contributed by atoms with van der Waals surface area (Å²) in [5.74, 6) is -1.05. The Balaban J connectivity index is 2.53. The fraction of sp³-hybridized carbons (Fsp3) is 0.267. The second-order valence-electron chi connectivity index (χ2n) is 5.07. The van der Waals surface area contributed by atoms with E-state index >= 15 is 0 Å². The third-order valence-corrected chi connectivity index (χ3v) is 3.52. The van der Waals surface area contributed by atoms with E-state index in [2.05, 4.69) is 9.97 Å². The quantitative estimate of drug-likeness (QED) is 0.464. The van der Waals surface area contributed by atoms with Crippen molar-refractivity contribution in [1.29, 1.82) is 0 Å². The Morgan fingerprint density at radius 1 is 1.50 bits per heavy atom. The number of hydrogen-bond donors (Lipinski definition) is 2. The second-order valence-corrected chi connectivity index (χ2v) is 5.45. The Hall–Kier alpha value is -2.81. The average molecular weight is 349 g/mol. The minimum absolute atomic E-state index is 0.0208. The van der Waals surface area contributed by atoms with Crippen LogP contribution in [0.4, 0.5) is 5.69 Å². The van der Waals surface area contributed by atoms with Gasteiger partial charge in [-0.25, -0.2) is 9.78 Å². The van der Waals surface area contributed by atoms with Crippen molar-refractivity contribution in [1.82, 2.24) is 9.97 Å². The second kappa shape index (κ2) is 7.18. The van der Waals surface area contributed by atoms with Crippen LogP contribution in [0.2, 0.25) is 0 Å². The first-order chi connectivity index (χ1) is 11.3. The molecule has 0 amide bonds. The van der Waals surface area contributed by atoms with Crippen LogP contribution in [0.15, 0.2) is 24.3 Å². The molecule has 0 aliphatic rings. The molecular formula is C15H15N3O5S. The van der Waals surface area contributed by atoms with Gasteiger partial charge in [-0.1, -0.05) is 6.92 Å². The molecule has 1 heterocycles. The van der Waals surface area contributed by atoms with Gasteiger partial charge in [-0.05, 0) is 43.8 Å². The van der Waals surface area contributed by atoms with Crippen LogP contribution in [-0.4, -0.2) is 32.1 Å². The van der Waals surface area contributed by atoms with Gasteiger partial charge >= 0.3 is 11.7 Å². The maximum atomic E-state index is 11.3. The third-order valence-electron chi connectivity index (χ3n) is 3.33. The van der Waals surface area contributed by atoms with E-state index in [1.165, 1.54) is 18.2 Å². The molecule has 126 valence electrons. The van der Waals surface area contributed by atoms with Crippen LogP contribution in [0.3, 0.4) is 0 Å². The largest absolute Gasteiger partial charge is 0.484 e. The van der Waals surface area contributed by atoms with Gasteiger partial charge in [0, 0.05) is 11.6 Å². The summed E-state index contributed by atoms with van der Waals surface area (Å²) in [5.41, 5.74) is 0.243. The molecule has 2 rings (SSSR count). The van der Waals surface area contributed by atoms with Crippen molar-refractivity contribution in [3.63, 3.8) is 0 Å². The van der Waals surface area contributed by atoms with Gasteiger partial charge in [0.05, 0.1) is 16.7 Å². The number of carboxylic acids is 1. The monoisotopic (exact) mass is 349 g/mol. The topological polar surface area (TPSA) is 118 Å². The number of nitro groups is 1. The molecule has 0 saturated carbocycles. The fourth-order valence-corrected chi connectivity index (χ4v) is 2.15. The van der Waals surface area contributed by atoms with Crippen molar-refractivity contribution < 1.29 is 19.6 Å². The SMILES string of the molecule is CCC(C)Oc1ccc(-c2cc(C(=O)O)[nH]c(=S)n2)cc1[N+](=O)[O-]. The van der Waals surface area contributed by atoms with E-state index in [9.17, 15) is 14.9 Å². The molecule has 0 saturated heterocycles. The first-order valence-electron chi connectivity index (χ1n) is 7.12. The highest BCUT2D eigenvalue weighted by molar-refractivity contribution is 7.71. The lowest BCUT2D eigenvalue weighted by Crippen LogP contribution is -2.11. The standard InChI is InChI=1S/C15H15N3O5S/c1-3-8(2)23-13-5-4-9(6-12(13)18(21)22)10-7-11(14(19)20)17-15(24)16-10/h4-8H,3H2,1-2H3,(H,19,20)(H,16,17,24). The Bertz CT molecular complexity index is 849. The number of aromatic carboxylic acids is 1. The van der Waals surface area contributed by atoms with Crippen LogP contribution in [-0.2, 0) is 0 Å². The van der Waals surface area contributed by atoms with E-state index in [0.717, 1.165) is 0 Å². The third kappa shape index (κ3) is 3.93. The zero-order valence-corrected chi connectivity index (χ0v) is 13.8. The van der Waals surface area contributed by atoms with Crippen molar-refractivity contribution in [3.05, 3.63) is 44.8 Å². The van der Waals surface area contributed by atoms with Gasteiger partial charge < -0.3 is 14.8 Å². The number of nitrogens with one attached hydrogen (secondary N) is 1. The highest BCUT2D eigenvalue weighted by Gasteiger charge is 2.19.